The highest BCUT2D eigenvalue weighted by Crippen LogP contribution is 2.44. The van der Waals surface area contributed by atoms with Crippen molar-refractivity contribution in [3.05, 3.63) is 95.1 Å². The molecule has 0 aromatic heterocycles. The van der Waals surface area contributed by atoms with E-state index in [1.807, 2.05) is 24.3 Å². The van der Waals surface area contributed by atoms with Crippen molar-refractivity contribution in [2.24, 2.45) is 0 Å². The molecule has 0 heterocycles. The van der Waals surface area contributed by atoms with Crippen LogP contribution < -0.4 is 10.8 Å². The topological polar surface area (TPSA) is 103 Å². The summed E-state index contributed by atoms with van der Waals surface area (Å²) >= 11 is 0. The molecule has 8 nitrogen and oxygen atoms in total. The summed E-state index contributed by atoms with van der Waals surface area (Å²) in [5, 5.41) is 2.37. The molecule has 0 unspecified atom stereocenters. The summed E-state index contributed by atoms with van der Waals surface area (Å²) in [6.45, 7) is -0.0713. The molecule has 8 heteroatoms. The zero-order chi connectivity index (χ0) is 23.9. The summed E-state index contributed by atoms with van der Waals surface area (Å²) in [4.78, 5) is 40.5. The lowest BCUT2D eigenvalue weighted by molar-refractivity contribution is -0.123. The summed E-state index contributed by atoms with van der Waals surface area (Å²) in [5.41, 5.74) is 7.88. The minimum Gasteiger partial charge on any atom is -0.452 e. The molecule has 0 bridgehead atoms. The van der Waals surface area contributed by atoms with Crippen LogP contribution >= 0.6 is 0 Å². The van der Waals surface area contributed by atoms with E-state index in [0.717, 1.165) is 27.8 Å². The van der Waals surface area contributed by atoms with Crippen LogP contribution in [-0.2, 0) is 25.7 Å². The van der Waals surface area contributed by atoms with E-state index in [1.165, 1.54) is 7.05 Å². The molecular formula is C26H24N2O6. The van der Waals surface area contributed by atoms with Crippen LogP contribution in [0.15, 0.2) is 72.8 Å². The van der Waals surface area contributed by atoms with Gasteiger partial charge >= 0.3 is 12.1 Å². The normalized spacial score (nSPS) is 11.8. The first kappa shape index (κ1) is 23.0. The van der Waals surface area contributed by atoms with Crippen LogP contribution in [0.5, 0.6) is 0 Å². The Morgan fingerprint density at radius 3 is 2.06 bits per heavy atom. The second-order valence-corrected chi connectivity index (χ2v) is 7.66. The SMILES string of the molecule is CNC(=O)COC(=O)c1ccc(CONC(=O)OCC2c3ccccc3-c3ccccc32)cc1. The minimum absolute atomic E-state index is 0.0335. The highest BCUT2D eigenvalue weighted by molar-refractivity contribution is 5.91. The van der Waals surface area contributed by atoms with E-state index >= 15 is 0 Å². The number of hydrogen-bond donors (Lipinski definition) is 2. The van der Waals surface area contributed by atoms with E-state index in [2.05, 4.69) is 35.1 Å². The predicted octanol–water partition coefficient (Wildman–Crippen LogP) is 3.56. The van der Waals surface area contributed by atoms with E-state index in [0.29, 0.717) is 5.56 Å². The number of hydrogen-bond acceptors (Lipinski definition) is 6. The monoisotopic (exact) mass is 460 g/mol. The van der Waals surface area contributed by atoms with Gasteiger partial charge < -0.3 is 14.8 Å². The molecule has 1 aliphatic carbocycles. The largest absolute Gasteiger partial charge is 0.452 e. The molecule has 0 saturated carbocycles. The van der Waals surface area contributed by atoms with Crippen molar-refractivity contribution in [3.63, 3.8) is 0 Å². The standard InChI is InChI=1S/C26H24N2O6/c1-27-24(29)16-32-25(30)18-12-10-17(11-13-18)14-34-28-26(31)33-15-23-21-8-4-2-6-19(21)20-7-3-5-9-22(20)23/h2-13,23H,14-16H2,1H3,(H,27,29)(H,28,31). The molecule has 0 fully saturated rings. The van der Waals surface area contributed by atoms with E-state index < -0.39 is 18.0 Å². The van der Waals surface area contributed by atoms with Gasteiger partial charge in [-0.2, -0.15) is 5.48 Å². The Morgan fingerprint density at radius 2 is 1.44 bits per heavy atom. The molecular weight excluding hydrogens is 436 g/mol. The Kier molecular flexibility index (Phi) is 7.19. The number of esters is 1. The molecule has 4 rings (SSSR count). The Balaban J connectivity index is 1.24. The Morgan fingerprint density at radius 1 is 0.824 bits per heavy atom. The van der Waals surface area contributed by atoms with Crippen molar-refractivity contribution in [2.75, 3.05) is 20.3 Å². The van der Waals surface area contributed by atoms with Crippen LogP contribution in [0.1, 0.15) is 33.0 Å². The highest BCUT2D eigenvalue weighted by atomic mass is 16.7. The molecule has 1 aliphatic rings. The Bertz CT molecular complexity index is 1150. The van der Waals surface area contributed by atoms with Crippen molar-refractivity contribution >= 4 is 18.0 Å². The number of hydroxylamine groups is 1. The second-order valence-electron chi connectivity index (χ2n) is 7.66. The fraction of sp³-hybridized carbons (Fsp3) is 0.192. The number of likely N-dealkylation sites (N-methyl/N-ethyl adjacent to an activating group) is 1. The maximum atomic E-state index is 12.2. The number of carbonyl (C=O) groups excluding carboxylic acids is 3. The second kappa shape index (κ2) is 10.6. The molecule has 0 saturated heterocycles. The van der Waals surface area contributed by atoms with Crippen LogP contribution in [-0.4, -0.2) is 38.2 Å². The third kappa shape index (κ3) is 5.24. The van der Waals surface area contributed by atoms with E-state index in [-0.39, 0.29) is 25.7 Å². The first-order valence-electron chi connectivity index (χ1n) is 10.8. The fourth-order valence-corrected chi connectivity index (χ4v) is 3.83. The molecule has 2 N–H and O–H groups in total. The number of rotatable bonds is 8. The molecule has 3 aromatic carbocycles. The molecule has 2 amide bonds. The van der Waals surface area contributed by atoms with Gasteiger partial charge in [0.05, 0.1) is 12.2 Å². The highest BCUT2D eigenvalue weighted by Gasteiger charge is 2.29. The molecule has 0 spiro atoms. The van der Waals surface area contributed by atoms with Crippen molar-refractivity contribution in [2.45, 2.75) is 12.5 Å². The van der Waals surface area contributed by atoms with Crippen LogP contribution in [0, 0.1) is 0 Å². The third-order valence-corrected chi connectivity index (χ3v) is 5.54. The average Bonchev–Trinajstić information content (AvgIpc) is 3.20. The average molecular weight is 460 g/mol. The molecule has 34 heavy (non-hydrogen) atoms. The third-order valence-electron chi connectivity index (χ3n) is 5.54. The number of benzene rings is 3. The molecule has 0 atom stereocenters. The lowest BCUT2D eigenvalue weighted by Gasteiger charge is -2.14. The summed E-state index contributed by atoms with van der Waals surface area (Å²) in [6.07, 6.45) is -0.684. The zero-order valence-corrected chi connectivity index (χ0v) is 18.6. The number of ether oxygens (including phenoxy) is 2. The Hall–Kier alpha value is -4.17. The zero-order valence-electron chi connectivity index (χ0n) is 18.6. The van der Waals surface area contributed by atoms with Gasteiger partial charge in [0.2, 0.25) is 0 Å². The van der Waals surface area contributed by atoms with E-state index in [1.54, 1.807) is 24.3 Å². The maximum Gasteiger partial charge on any atom is 0.431 e. The van der Waals surface area contributed by atoms with Gasteiger partial charge in [-0.1, -0.05) is 60.7 Å². The van der Waals surface area contributed by atoms with Gasteiger partial charge in [0.1, 0.15) is 6.61 Å². The van der Waals surface area contributed by atoms with Crippen LogP contribution in [0.2, 0.25) is 0 Å². The summed E-state index contributed by atoms with van der Waals surface area (Å²) < 4.78 is 10.3. The quantitative estimate of drug-likeness (QED) is 0.394. The lowest BCUT2D eigenvalue weighted by atomic mass is 9.98. The molecule has 0 radical (unpaired) electrons. The summed E-state index contributed by atoms with van der Waals surface area (Å²) in [7, 11) is 1.46. The smallest absolute Gasteiger partial charge is 0.431 e. The van der Waals surface area contributed by atoms with Gasteiger partial charge in [0.15, 0.2) is 6.61 Å². The molecule has 0 aliphatic heterocycles. The van der Waals surface area contributed by atoms with Crippen LogP contribution in [0.4, 0.5) is 4.79 Å². The molecule has 3 aromatic rings. The van der Waals surface area contributed by atoms with Crippen LogP contribution in [0.25, 0.3) is 11.1 Å². The predicted molar refractivity (Wildman–Crippen MR) is 124 cm³/mol. The van der Waals surface area contributed by atoms with Gasteiger partial charge in [-0.3, -0.25) is 9.63 Å². The molecule has 174 valence electrons. The van der Waals surface area contributed by atoms with Crippen molar-refractivity contribution in [3.8, 4) is 11.1 Å². The lowest BCUT2D eigenvalue weighted by Crippen LogP contribution is -2.26. The number of nitrogens with one attached hydrogen (secondary N) is 2. The van der Waals surface area contributed by atoms with Gasteiger partial charge in [0.25, 0.3) is 5.91 Å². The minimum atomic E-state index is -0.684. The first-order valence-corrected chi connectivity index (χ1v) is 10.8. The van der Waals surface area contributed by atoms with Crippen molar-refractivity contribution in [1.82, 2.24) is 10.8 Å². The number of fused-ring (bicyclic) bond motifs is 3. The van der Waals surface area contributed by atoms with Gasteiger partial charge in [-0.15, -0.1) is 0 Å². The van der Waals surface area contributed by atoms with Gasteiger partial charge in [0, 0.05) is 13.0 Å². The Labute approximate surface area is 196 Å². The fourth-order valence-electron chi connectivity index (χ4n) is 3.83. The van der Waals surface area contributed by atoms with Gasteiger partial charge in [-0.05, 0) is 39.9 Å². The summed E-state index contributed by atoms with van der Waals surface area (Å²) in [6, 6.07) is 22.6. The first-order chi connectivity index (χ1) is 16.6. The van der Waals surface area contributed by atoms with E-state index in [9.17, 15) is 14.4 Å². The van der Waals surface area contributed by atoms with Gasteiger partial charge in [-0.25, -0.2) is 9.59 Å². The van der Waals surface area contributed by atoms with E-state index in [4.69, 9.17) is 14.3 Å². The number of amides is 2. The number of carbonyl (C=O) groups is 3. The van der Waals surface area contributed by atoms with Crippen molar-refractivity contribution in [1.29, 1.82) is 0 Å². The van der Waals surface area contributed by atoms with Crippen LogP contribution in [0.3, 0.4) is 0 Å². The van der Waals surface area contributed by atoms with Crippen molar-refractivity contribution < 1.29 is 28.7 Å². The maximum absolute atomic E-state index is 12.2. The summed E-state index contributed by atoms with van der Waals surface area (Å²) in [5.74, 6) is -1.03.